The van der Waals surface area contributed by atoms with Crippen molar-refractivity contribution >= 4 is 34.8 Å². The first kappa shape index (κ1) is 17.9. The number of nitrogens with one attached hydrogen (secondary N) is 3. The fourth-order valence-electron chi connectivity index (χ4n) is 2.03. The van der Waals surface area contributed by atoms with Crippen LogP contribution in [0.3, 0.4) is 0 Å². The van der Waals surface area contributed by atoms with Crippen molar-refractivity contribution in [3.05, 3.63) is 47.4 Å². The van der Waals surface area contributed by atoms with Crippen molar-refractivity contribution in [2.75, 3.05) is 17.2 Å². The molecular formula is C17H20ClN3O3. The van der Waals surface area contributed by atoms with E-state index in [1.807, 2.05) is 6.92 Å². The van der Waals surface area contributed by atoms with Gasteiger partial charge in [-0.3, -0.25) is 9.59 Å². The number of halogens is 1. The zero-order chi connectivity index (χ0) is 17.4. The Bertz CT molecular complexity index is 686. The van der Waals surface area contributed by atoms with Crippen LogP contribution >= 0.6 is 11.6 Å². The lowest BCUT2D eigenvalue weighted by Gasteiger charge is -2.11. The average molecular weight is 350 g/mol. The number of hydrogen-bond donors (Lipinski definition) is 3. The first-order chi connectivity index (χ1) is 11.6. The molecule has 128 valence electrons. The van der Waals surface area contributed by atoms with Crippen molar-refractivity contribution in [3.8, 4) is 0 Å². The van der Waals surface area contributed by atoms with Crippen LogP contribution in [0.15, 0.2) is 41.0 Å². The number of hydrogen-bond acceptors (Lipinski definition) is 4. The molecule has 6 nitrogen and oxygen atoms in total. The Balaban J connectivity index is 1.86. The summed E-state index contributed by atoms with van der Waals surface area (Å²) in [6, 6.07) is 8.64. The predicted octanol–water partition coefficient (Wildman–Crippen LogP) is 3.40. The zero-order valence-electron chi connectivity index (χ0n) is 13.4. The van der Waals surface area contributed by atoms with Crippen LogP contribution in [-0.2, 0) is 16.1 Å². The van der Waals surface area contributed by atoms with E-state index in [1.54, 1.807) is 36.6 Å². The summed E-state index contributed by atoms with van der Waals surface area (Å²) in [4.78, 5) is 23.5. The summed E-state index contributed by atoms with van der Waals surface area (Å²) in [5.41, 5.74) is 1.22. The summed E-state index contributed by atoms with van der Waals surface area (Å²) in [6.07, 6.45) is 2.79. The molecule has 0 fully saturated rings. The first-order valence-corrected chi connectivity index (χ1v) is 8.08. The fraction of sp³-hybridized carbons (Fsp3) is 0.294. The molecular weight excluding hydrogens is 330 g/mol. The second kappa shape index (κ2) is 8.98. The second-order valence-corrected chi connectivity index (χ2v) is 5.61. The van der Waals surface area contributed by atoms with Crippen molar-refractivity contribution in [1.29, 1.82) is 0 Å². The van der Waals surface area contributed by atoms with Crippen LogP contribution in [-0.4, -0.2) is 18.4 Å². The Hall–Kier alpha value is -2.47. The molecule has 0 atom stereocenters. The monoisotopic (exact) mass is 349 g/mol. The van der Waals surface area contributed by atoms with E-state index in [2.05, 4.69) is 16.0 Å². The molecule has 0 aliphatic heterocycles. The fourth-order valence-corrected chi connectivity index (χ4v) is 2.21. The molecule has 1 heterocycles. The highest BCUT2D eigenvalue weighted by molar-refractivity contribution is 6.33. The van der Waals surface area contributed by atoms with E-state index in [0.717, 1.165) is 6.42 Å². The Morgan fingerprint density at radius 1 is 1.21 bits per heavy atom. The van der Waals surface area contributed by atoms with Gasteiger partial charge in [0.1, 0.15) is 5.76 Å². The summed E-state index contributed by atoms with van der Waals surface area (Å²) in [5.74, 6) is 0.437. The number of carbonyl (C=O) groups is 2. The van der Waals surface area contributed by atoms with Gasteiger partial charge in [0, 0.05) is 12.1 Å². The normalized spacial score (nSPS) is 10.2. The van der Waals surface area contributed by atoms with Gasteiger partial charge >= 0.3 is 0 Å². The lowest BCUT2D eigenvalue weighted by Crippen LogP contribution is -2.29. The van der Waals surface area contributed by atoms with E-state index in [9.17, 15) is 9.59 Å². The highest BCUT2D eigenvalue weighted by atomic mass is 35.5. The second-order valence-electron chi connectivity index (χ2n) is 5.20. The summed E-state index contributed by atoms with van der Waals surface area (Å²) in [6.45, 7) is 2.33. The van der Waals surface area contributed by atoms with Gasteiger partial charge in [-0.05, 0) is 36.8 Å². The van der Waals surface area contributed by atoms with Gasteiger partial charge in [0.15, 0.2) is 0 Å². The Kier molecular flexibility index (Phi) is 6.69. The molecule has 2 rings (SSSR count). The number of carbonyl (C=O) groups excluding carboxylic acids is 2. The van der Waals surface area contributed by atoms with Crippen LogP contribution < -0.4 is 16.0 Å². The van der Waals surface area contributed by atoms with Gasteiger partial charge in [-0.2, -0.15) is 0 Å². The summed E-state index contributed by atoms with van der Waals surface area (Å²) in [5, 5.41) is 8.96. The average Bonchev–Trinajstić information content (AvgIpc) is 3.07. The standard InChI is InChI=1S/C17H20ClN3O3/c1-2-4-16(22)21-12-6-7-14(18)15(9-12)19-11-17(23)20-10-13-5-3-8-24-13/h3,5-9,19H,2,4,10-11H2,1H3,(H,20,23)(H,21,22). The third kappa shape index (κ3) is 5.62. The van der Waals surface area contributed by atoms with Gasteiger partial charge in [0.2, 0.25) is 11.8 Å². The Labute approximate surface area is 145 Å². The van der Waals surface area contributed by atoms with Crippen LogP contribution in [0.1, 0.15) is 25.5 Å². The molecule has 0 unspecified atom stereocenters. The first-order valence-electron chi connectivity index (χ1n) is 7.71. The molecule has 0 saturated heterocycles. The van der Waals surface area contributed by atoms with Crippen LogP contribution in [0.4, 0.5) is 11.4 Å². The molecule has 2 aromatic rings. The van der Waals surface area contributed by atoms with Crippen LogP contribution in [0.5, 0.6) is 0 Å². The minimum absolute atomic E-state index is 0.0537. The van der Waals surface area contributed by atoms with Crippen LogP contribution in [0.2, 0.25) is 5.02 Å². The predicted molar refractivity (Wildman–Crippen MR) is 94.0 cm³/mol. The smallest absolute Gasteiger partial charge is 0.239 e. The maximum atomic E-state index is 11.8. The van der Waals surface area contributed by atoms with Crippen molar-refractivity contribution in [3.63, 3.8) is 0 Å². The maximum absolute atomic E-state index is 11.8. The highest BCUT2D eigenvalue weighted by Crippen LogP contribution is 2.25. The highest BCUT2D eigenvalue weighted by Gasteiger charge is 2.07. The van der Waals surface area contributed by atoms with E-state index in [1.165, 1.54) is 0 Å². The number of furan rings is 1. The molecule has 7 heteroatoms. The van der Waals surface area contributed by atoms with Gasteiger partial charge in [-0.25, -0.2) is 0 Å². The molecule has 0 aliphatic carbocycles. The maximum Gasteiger partial charge on any atom is 0.239 e. The molecule has 0 radical (unpaired) electrons. The van der Waals surface area contributed by atoms with Crippen molar-refractivity contribution in [2.24, 2.45) is 0 Å². The molecule has 0 aliphatic rings. The van der Waals surface area contributed by atoms with Gasteiger partial charge in [-0.15, -0.1) is 0 Å². The lowest BCUT2D eigenvalue weighted by molar-refractivity contribution is -0.119. The van der Waals surface area contributed by atoms with E-state index in [4.69, 9.17) is 16.0 Å². The molecule has 2 amide bonds. The van der Waals surface area contributed by atoms with Gasteiger partial charge < -0.3 is 20.4 Å². The van der Waals surface area contributed by atoms with Crippen molar-refractivity contribution < 1.29 is 14.0 Å². The largest absolute Gasteiger partial charge is 0.467 e. The topological polar surface area (TPSA) is 83.4 Å². The number of benzene rings is 1. The van der Waals surface area contributed by atoms with Crippen molar-refractivity contribution in [1.82, 2.24) is 5.32 Å². The van der Waals surface area contributed by atoms with E-state index >= 15 is 0 Å². The van der Waals surface area contributed by atoms with Gasteiger partial charge in [0.25, 0.3) is 0 Å². The number of anilines is 2. The third-order valence-electron chi connectivity index (χ3n) is 3.21. The third-order valence-corrected chi connectivity index (χ3v) is 3.54. The minimum atomic E-state index is -0.192. The Morgan fingerprint density at radius 2 is 2.04 bits per heavy atom. The van der Waals surface area contributed by atoms with E-state index in [0.29, 0.717) is 35.1 Å². The number of rotatable bonds is 8. The molecule has 0 spiro atoms. The number of amides is 2. The van der Waals surface area contributed by atoms with Crippen LogP contribution in [0.25, 0.3) is 0 Å². The molecule has 0 saturated carbocycles. The van der Waals surface area contributed by atoms with E-state index < -0.39 is 0 Å². The lowest BCUT2D eigenvalue weighted by atomic mass is 10.2. The molecule has 1 aromatic carbocycles. The Morgan fingerprint density at radius 3 is 2.75 bits per heavy atom. The summed E-state index contributed by atoms with van der Waals surface area (Å²) in [7, 11) is 0. The zero-order valence-corrected chi connectivity index (χ0v) is 14.2. The molecule has 24 heavy (non-hydrogen) atoms. The SMILES string of the molecule is CCCC(=O)Nc1ccc(Cl)c(NCC(=O)NCc2ccco2)c1. The quantitative estimate of drug-likeness (QED) is 0.682. The van der Waals surface area contributed by atoms with Gasteiger partial charge in [-0.1, -0.05) is 18.5 Å². The molecule has 1 aromatic heterocycles. The summed E-state index contributed by atoms with van der Waals surface area (Å²) < 4.78 is 5.14. The van der Waals surface area contributed by atoms with Crippen LogP contribution in [0, 0.1) is 0 Å². The molecule has 3 N–H and O–H groups in total. The van der Waals surface area contributed by atoms with Crippen molar-refractivity contribution in [2.45, 2.75) is 26.3 Å². The van der Waals surface area contributed by atoms with E-state index in [-0.39, 0.29) is 18.4 Å². The van der Waals surface area contributed by atoms with Gasteiger partial charge in [0.05, 0.1) is 30.1 Å². The summed E-state index contributed by atoms with van der Waals surface area (Å²) >= 11 is 6.11. The molecule has 0 bridgehead atoms. The minimum Gasteiger partial charge on any atom is -0.467 e.